The van der Waals surface area contributed by atoms with Gasteiger partial charge in [0.1, 0.15) is 0 Å². The molecule has 3 aliphatic rings. The summed E-state index contributed by atoms with van der Waals surface area (Å²) >= 11 is 0. The van der Waals surface area contributed by atoms with Crippen LogP contribution in [0.5, 0.6) is 0 Å². The van der Waals surface area contributed by atoms with Crippen LogP contribution >= 0.6 is 0 Å². The molecule has 0 radical (unpaired) electrons. The lowest BCUT2D eigenvalue weighted by Crippen LogP contribution is -2.40. The quantitative estimate of drug-likeness (QED) is 0.825. The first-order chi connectivity index (χ1) is 9.83. The third-order valence-electron chi connectivity index (χ3n) is 6.63. The van der Waals surface area contributed by atoms with Gasteiger partial charge in [-0.3, -0.25) is 0 Å². The van der Waals surface area contributed by atoms with Crippen LogP contribution in [0.15, 0.2) is 0 Å². The molecular weight excluding hydrogens is 244 g/mol. The molecule has 3 fully saturated rings. The molecule has 3 rings (SSSR count). The van der Waals surface area contributed by atoms with E-state index in [-0.39, 0.29) is 0 Å². The van der Waals surface area contributed by atoms with E-state index in [1.54, 1.807) is 0 Å². The van der Waals surface area contributed by atoms with Crippen molar-refractivity contribution in [3.63, 3.8) is 0 Å². The average molecular weight is 278 g/mol. The molecule has 1 unspecified atom stereocenters. The lowest BCUT2D eigenvalue weighted by Gasteiger charge is -2.39. The maximum absolute atomic E-state index is 6.16. The summed E-state index contributed by atoms with van der Waals surface area (Å²) < 4.78 is 0. The Morgan fingerprint density at radius 2 is 1.65 bits per heavy atom. The van der Waals surface area contributed by atoms with E-state index >= 15 is 0 Å². The fourth-order valence-corrected chi connectivity index (χ4v) is 5.24. The van der Waals surface area contributed by atoms with Gasteiger partial charge < -0.3 is 10.6 Å². The van der Waals surface area contributed by atoms with E-state index in [1.807, 2.05) is 0 Å². The Morgan fingerprint density at radius 1 is 0.900 bits per heavy atom. The summed E-state index contributed by atoms with van der Waals surface area (Å²) in [5.41, 5.74) is 6.66. The molecule has 0 spiro atoms. The summed E-state index contributed by atoms with van der Waals surface area (Å²) in [6, 6.07) is 0.927. The Labute approximate surface area is 125 Å². The maximum atomic E-state index is 6.16. The van der Waals surface area contributed by atoms with Crippen molar-refractivity contribution in [2.75, 3.05) is 19.6 Å². The zero-order chi connectivity index (χ0) is 13.8. The standard InChI is InChI=1S/C18H34N2/c19-15-18(10-4-1-5-11-18)12-14-20-13-6-9-17(20)16-7-2-3-8-16/h16-17H,1-15,19H2. The highest BCUT2D eigenvalue weighted by Gasteiger charge is 2.36. The number of likely N-dealkylation sites (tertiary alicyclic amines) is 1. The minimum atomic E-state index is 0.501. The predicted octanol–water partition coefficient (Wildman–Crippen LogP) is 3.94. The van der Waals surface area contributed by atoms with Gasteiger partial charge in [0, 0.05) is 6.04 Å². The number of rotatable bonds is 5. The SMILES string of the molecule is NCC1(CCN2CCCC2C2CCCC2)CCCCC1. The number of nitrogens with two attached hydrogens (primary N) is 1. The van der Waals surface area contributed by atoms with Gasteiger partial charge in [-0.05, 0) is 75.9 Å². The summed E-state index contributed by atoms with van der Waals surface area (Å²) in [4.78, 5) is 2.85. The van der Waals surface area contributed by atoms with Crippen molar-refractivity contribution in [2.45, 2.75) is 83.1 Å². The van der Waals surface area contributed by atoms with E-state index in [9.17, 15) is 0 Å². The molecule has 116 valence electrons. The molecule has 0 amide bonds. The van der Waals surface area contributed by atoms with E-state index in [1.165, 1.54) is 90.1 Å². The normalized spacial score (nSPS) is 31.9. The molecule has 0 bridgehead atoms. The predicted molar refractivity (Wildman–Crippen MR) is 85.7 cm³/mol. The van der Waals surface area contributed by atoms with Gasteiger partial charge in [0.25, 0.3) is 0 Å². The van der Waals surface area contributed by atoms with Gasteiger partial charge >= 0.3 is 0 Å². The molecule has 0 aromatic rings. The van der Waals surface area contributed by atoms with Crippen LogP contribution in [0, 0.1) is 11.3 Å². The molecular formula is C18H34N2. The summed E-state index contributed by atoms with van der Waals surface area (Å²) in [6.07, 6.45) is 17.3. The van der Waals surface area contributed by atoms with Crippen molar-refractivity contribution in [3.05, 3.63) is 0 Å². The van der Waals surface area contributed by atoms with Crippen LogP contribution in [0.2, 0.25) is 0 Å². The van der Waals surface area contributed by atoms with Crippen LogP contribution in [-0.2, 0) is 0 Å². The molecule has 20 heavy (non-hydrogen) atoms. The molecule has 2 aliphatic carbocycles. The minimum Gasteiger partial charge on any atom is -0.330 e. The first kappa shape index (κ1) is 14.8. The Hall–Kier alpha value is -0.0800. The van der Waals surface area contributed by atoms with Crippen molar-refractivity contribution in [2.24, 2.45) is 17.1 Å². The zero-order valence-corrected chi connectivity index (χ0v) is 13.3. The van der Waals surface area contributed by atoms with Crippen molar-refractivity contribution in [3.8, 4) is 0 Å². The average Bonchev–Trinajstić information content (AvgIpc) is 3.16. The van der Waals surface area contributed by atoms with Crippen LogP contribution in [0.25, 0.3) is 0 Å². The Balaban J connectivity index is 1.53. The summed E-state index contributed by atoms with van der Waals surface area (Å²) in [5.74, 6) is 1.03. The largest absolute Gasteiger partial charge is 0.330 e. The highest BCUT2D eigenvalue weighted by molar-refractivity contribution is 4.90. The van der Waals surface area contributed by atoms with Gasteiger partial charge in [-0.1, -0.05) is 32.1 Å². The topological polar surface area (TPSA) is 29.3 Å². The van der Waals surface area contributed by atoms with Gasteiger partial charge in [-0.2, -0.15) is 0 Å². The molecule has 0 aromatic carbocycles. The molecule has 1 heterocycles. The monoisotopic (exact) mass is 278 g/mol. The first-order valence-corrected chi connectivity index (χ1v) is 9.27. The number of hydrogen-bond acceptors (Lipinski definition) is 2. The molecule has 1 atom stereocenters. The fourth-order valence-electron chi connectivity index (χ4n) is 5.24. The van der Waals surface area contributed by atoms with Gasteiger partial charge in [0.2, 0.25) is 0 Å². The number of hydrogen-bond donors (Lipinski definition) is 1. The highest BCUT2D eigenvalue weighted by atomic mass is 15.2. The van der Waals surface area contributed by atoms with E-state index < -0.39 is 0 Å². The summed E-state index contributed by atoms with van der Waals surface area (Å²) in [5, 5.41) is 0. The van der Waals surface area contributed by atoms with E-state index in [2.05, 4.69) is 4.90 Å². The molecule has 2 heteroatoms. The van der Waals surface area contributed by atoms with Crippen LogP contribution in [-0.4, -0.2) is 30.6 Å². The van der Waals surface area contributed by atoms with Crippen molar-refractivity contribution < 1.29 is 0 Å². The van der Waals surface area contributed by atoms with Crippen LogP contribution < -0.4 is 5.73 Å². The maximum Gasteiger partial charge on any atom is 0.0124 e. The lowest BCUT2D eigenvalue weighted by atomic mass is 9.72. The smallest absolute Gasteiger partial charge is 0.0124 e. The van der Waals surface area contributed by atoms with Gasteiger partial charge in [-0.15, -0.1) is 0 Å². The third kappa shape index (κ3) is 3.22. The van der Waals surface area contributed by atoms with Crippen molar-refractivity contribution in [1.82, 2.24) is 4.90 Å². The second kappa shape index (κ2) is 6.79. The molecule has 2 nitrogen and oxygen atoms in total. The fraction of sp³-hybridized carbons (Fsp3) is 1.00. The third-order valence-corrected chi connectivity index (χ3v) is 6.63. The summed E-state index contributed by atoms with van der Waals surface area (Å²) in [6.45, 7) is 3.62. The first-order valence-electron chi connectivity index (χ1n) is 9.27. The second-order valence-electron chi connectivity index (χ2n) is 7.80. The van der Waals surface area contributed by atoms with Gasteiger partial charge in [-0.25, -0.2) is 0 Å². The second-order valence-corrected chi connectivity index (χ2v) is 7.80. The summed E-state index contributed by atoms with van der Waals surface area (Å²) in [7, 11) is 0. The van der Waals surface area contributed by atoms with E-state index in [0.29, 0.717) is 5.41 Å². The van der Waals surface area contributed by atoms with Crippen LogP contribution in [0.1, 0.15) is 77.0 Å². The minimum absolute atomic E-state index is 0.501. The van der Waals surface area contributed by atoms with Gasteiger partial charge in [0.05, 0.1) is 0 Å². The molecule has 1 aliphatic heterocycles. The Bertz CT molecular complexity index is 290. The number of nitrogens with zero attached hydrogens (tertiary/aromatic N) is 1. The molecule has 2 N–H and O–H groups in total. The Kier molecular flexibility index (Phi) is 5.04. The zero-order valence-electron chi connectivity index (χ0n) is 13.3. The van der Waals surface area contributed by atoms with E-state index in [0.717, 1.165) is 18.5 Å². The van der Waals surface area contributed by atoms with Crippen molar-refractivity contribution in [1.29, 1.82) is 0 Å². The molecule has 0 aromatic heterocycles. The highest BCUT2D eigenvalue weighted by Crippen LogP contribution is 2.40. The van der Waals surface area contributed by atoms with Gasteiger partial charge in [0.15, 0.2) is 0 Å². The van der Waals surface area contributed by atoms with E-state index in [4.69, 9.17) is 5.73 Å². The molecule has 2 saturated carbocycles. The molecule has 1 saturated heterocycles. The van der Waals surface area contributed by atoms with Crippen LogP contribution in [0.3, 0.4) is 0 Å². The van der Waals surface area contributed by atoms with Crippen molar-refractivity contribution >= 4 is 0 Å². The Morgan fingerprint density at radius 3 is 2.35 bits per heavy atom. The van der Waals surface area contributed by atoms with Crippen LogP contribution in [0.4, 0.5) is 0 Å². The lowest BCUT2D eigenvalue weighted by molar-refractivity contribution is 0.124.